The van der Waals surface area contributed by atoms with E-state index in [4.69, 9.17) is 0 Å². The molecule has 3 atom stereocenters. The molecule has 2 aliphatic rings. The maximum Gasteiger partial charge on any atom is 0.0783 e. The van der Waals surface area contributed by atoms with Crippen molar-refractivity contribution in [3.05, 3.63) is 0 Å². The molecule has 19 heavy (non-hydrogen) atoms. The monoisotopic (exact) mass is 380 g/mol. The van der Waals surface area contributed by atoms with Crippen LogP contribution >= 0.6 is 0 Å². The molecule has 0 amide bonds. The standard InChI is InChI=1S/C16H33N2.HI/c1-17-15-9-5-6-11-16(17)14(8-7-10-15)12-13-18(2,3)4;/h14-16H,5-13H2,1-4H3;1H/q+1;/p-1. The van der Waals surface area contributed by atoms with Gasteiger partial charge in [-0.05, 0) is 38.6 Å². The van der Waals surface area contributed by atoms with E-state index < -0.39 is 0 Å². The third-order valence-corrected chi connectivity index (χ3v) is 5.21. The normalized spacial score (nSPS) is 33.2. The Morgan fingerprint density at radius 2 is 1.58 bits per heavy atom. The quantitative estimate of drug-likeness (QED) is 0.497. The Labute approximate surface area is 137 Å². The summed E-state index contributed by atoms with van der Waals surface area (Å²) in [6.07, 6.45) is 11.7. The molecule has 0 spiro atoms. The van der Waals surface area contributed by atoms with E-state index in [9.17, 15) is 0 Å². The fourth-order valence-corrected chi connectivity index (χ4v) is 4.03. The van der Waals surface area contributed by atoms with E-state index in [0.717, 1.165) is 22.5 Å². The minimum absolute atomic E-state index is 0. The van der Waals surface area contributed by atoms with Gasteiger partial charge in [0.25, 0.3) is 0 Å². The average molecular weight is 380 g/mol. The lowest BCUT2D eigenvalue weighted by Crippen LogP contribution is -3.00. The zero-order valence-corrected chi connectivity index (χ0v) is 15.5. The second kappa shape index (κ2) is 7.60. The van der Waals surface area contributed by atoms with Gasteiger partial charge in [0.15, 0.2) is 0 Å². The number of hydrogen-bond acceptors (Lipinski definition) is 1. The number of nitrogens with zero attached hydrogens (tertiary/aromatic N) is 2. The lowest BCUT2D eigenvalue weighted by Gasteiger charge is -2.36. The molecule has 2 fully saturated rings. The molecule has 0 radical (unpaired) electrons. The maximum absolute atomic E-state index is 2.76. The van der Waals surface area contributed by atoms with E-state index in [1.54, 1.807) is 0 Å². The highest BCUT2D eigenvalue weighted by Crippen LogP contribution is 2.35. The minimum atomic E-state index is 0. The van der Waals surface area contributed by atoms with Crippen molar-refractivity contribution in [3.8, 4) is 0 Å². The van der Waals surface area contributed by atoms with Crippen molar-refractivity contribution in [2.45, 2.75) is 63.5 Å². The lowest BCUT2D eigenvalue weighted by molar-refractivity contribution is -0.871. The molecule has 0 aromatic carbocycles. The van der Waals surface area contributed by atoms with E-state index in [1.165, 1.54) is 57.9 Å². The van der Waals surface area contributed by atoms with Crippen LogP contribution in [0, 0.1) is 5.92 Å². The fraction of sp³-hybridized carbons (Fsp3) is 1.00. The van der Waals surface area contributed by atoms with E-state index in [1.807, 2.05) is 0 Å². The molecule has 114 valence electrons. The van der Waals surface area contributed by atoms with Crippen molar-refractivity contribution in [2.75, 3.05) is 34.7 Å². The van der Waals surface area contributed by atoms with Gasteiger partial charge < -0.3 is 33.4 Å². The molecule has 2 aliphatic heterocycles. The molecule has 0 aromatic rings. The van der Waals surface area contributed by atoms with Crippen molar-refractivity contribution in [1.82, 2.24) is 4.90 Å². The zero-order valence-electron chi connectivity index (χ0n) is 13.4. The third-order valence-electron chi connectivity index (χ3n) is 5.21. The van der Waals surface area contributed by atoms with Crippen LogP contribution < -0.4 is 24.0 Å². The van der Waals surface area contributed by atoms with Crippen LogP contribution in [0.1, 0.15) is 51.4 Å². The van der Waals surface area contributed by atoms with Gasteiger partial charge in [-0.1, -0.05) is 19.3 Å². The van der Waals surface area contributed by atoms with E-state index in [2.05, 4.69) is 33.1 Å². The Bertz CT molecular complexity index is 262. The Kier molecular flexibility index (Phi) is 7.08. The van der Waals surface area contributed by atoms with Crippen molar-refractivity contribution in [1.29, 1.82) is 0 Å². The summed E-state index contributed by atoms with van der Waals surface area (Å²) in [6.45, 7) is 1.33. The highest BCUT2D eigenvalue weighted by Gasteiger charge is 2.34. The molecule has 2 bridgehead atoms. The summed E-state index contributed by atoms with van der Waals surface area (Å²) in [5.74, 6) is 0.954. The summed E-state index contributed by atoms with van der Waals surface area (Å²) in [5, 5.41) is 0. The molecule has 0 saturated carbocycles. The number of halogens is 1. The molecular weight excluding hydrogens is 347 g/mol. The summed E-state index contributed by atoms with van der Waals surface area (Å²) in [6, 6.07) is 1.78. The van der Waals surface area contributed by atoms with Crippen LogP contribution in [0.15, 0.2) is 0 Å². The molecular formula is C16H33IN2. The van der Waals surface area contributed by atoms with Crippen LogP contribution in [0.4, 0.5) is 0 Å². The Morgan fingerprint density at radius 3 is 2.26 bits per heavy atom. The van der Waals surface area contributed by atoms with Crippen LogP contribution in [0.2, 0.25) is 0 Å². The van der Waals surface area contributed by atoms with Crippen molar-refractivity contribution >= 4 is 0 Å². The highest BCUT2D eigenvalue weighted by atomic mass is 127. The van der Waals surface area contributed by atoms with Gasteiger partial charge in [-0.15, -0.1) is 0 Å². The van der Waals surface area contributed by atoms with Gasteiger partial charge in [-0.25, -0.2) is 0 Å². The summed E-state index contributed by atoms with van der Waals surface area (Å²) in [7, 11) is 9.40. The van der Waals surface area contributed by atoms with Gasteiger partial charge in [0.2, 0.25) is 0 Å². The van der Waals surface area contributed by atoms with Gasteiger partial charge in [-0.2, -0.15) is 0 Å². The number of quaternary nitrogens is 1. The molecule has 2 rings (SSSR count). The molecule has 2 heterocycles. The van der Waals surface area contributed by atoms with Gasteiger partial charge in [0.05, 0.1) is 27.7 Å². The van der Waals surface area contributed by atoms with E-state index in [-0.39, 0.29) is 24.0 Å². The minimum Gasteiger partial charge on any atom is -1.00 e. The van der Waals surface area contributed by atoms with Gasteiger partial charge in [0, 0.05) is 18.5 Å². The van der Waals surface area contributed by atoms with Crippen molar-refractivity contribution in [2.24, 2.45) is 5.92 Å². The van der Waals surface area contributed by atoms with Crippen LogP contribution in [-0.2, 0) is 0 Å². The topological polar surface area (TPSA) is 3.24 Å². The number of hydrogen-bond donors (Lipinski definition) is 0. The first-order chi connectivity index (χ1) is 8.47. The average Bonchev–Trinajstić information content (AvgIpc) is 2.55. The first-order valence-corrected chi connectivity index (χ1v) is 8.00. The second-order valence-corrected chi connectivity index (χ2v) is 7.66. The highest BCUT2D eigenvalue weighted by molar-refractivity contribution is 4.88. The predicted octanol–water partition coefficient (Wildman–Crippen LogP) is 0.130. The molecule has 0 aliphatic carbocycles. The van der Waals surface area contributed by atoms with Gasteiger partial charge >= 0.3 is 0 Å². The van der Waals surface area contributed by atoms with Crippen LogP contribution in [-0.4, -0.2) is 56.2 Å². The Balaban J connectivity index is 0.00000180. The molecule has 0 N–H and O–H groups in total. The molecule has 3 unspecified atom stereocenters. The summed E-state index contributed by atoms with van der Waals surface area (Å²) >= 11 is 0. The van der Waals surface area contributed by atoms with Crippen LogP contribution in [0.3, 0.4) is 0 Å². The van der Waals surface area contributed by atoms with E-state index >= 15 is 0 Å². The van der Waals surface area contributed by atoms with E-state index in [0.29, 0.717) is 0 Å². The second-order valence-electron chi connectivity index (χ2n) is 7.66. The lowest BCUT2D eigenvalue weighted by atomic mass is 9.88. The van der Waals surface area contributed by atoms with Crippen LogP contribution in [0.5, 0.6) is 0 Å². The Hall–Kier alpha value is 0.650. The summed E-state index contributed by atoms with van der Waals surface area (Å²) in [5.41, 5.74) is 0. The van der Waals surface area contributed by atoms with Gasteiger partial charge in [0.1, 0.15) is 0 Å². The summed E-state index contributed by atoms with van der Waals surface area (Å²) in [4.78, 5) is 2.76. The number of rotatable bonds is 3. The molecule has 2 saturated heterocycles. The summed E-state index contributed by atoms with van der Waals surface area (Å²) < 4.78 is 1.12. The predicted molar refractivity (Wildman–Crippen MR) is 78.7 cm³/mol. The molecule has 2 nitrogen and oxygen atoms in total. The SMILES string of the molecule is CN1C2CCCCC1C(CC[N+](C)(C)C)CCC2.[I-]. The van der Waals surface area contributed by atoms with Crippen molar-refractivity contribution < 1.29 is 28.5 Å². The number of fused-ring (bicyclic) bond motifs is 2. The first-order valence-electron chi connectivity index (χ1n) is 8.00. The van der Waals surface area contributed by atoms with Crippen molar-refractivity contribution in [3.63, 3.8) is 0 Å². The van der Waals surface area contributed by atoms with Crippen LogP contribution in [0.25, 0.3) is 0 Å². The molecule has 0 aromatic heterocycles. The molecule has 3 heteroatoms. The van der Waals surface area contributed by atoms with Gasteiger partial charge in [-0.3, -0.25) is 0 Å². The zero-order chi connectivity index (χ0) is 13.2. The smallest absolute Gasteiger partial charge is 0.0783 e. The Morgan fingerprint density at radius 1 is 0.947 bits per heavy atom. The first kappa shape index (κ1) is 17.7. The largest absolute Gasteiger partial charge is 1.00 e. The maximum atomic E-state index is 2.76. The third kappa shape index (κ3) is 5.16. The fourth-order valence-electron chi connectivity index (χ4n) is 4.03.